The minimum absolute atomic E-state index is 0.0959. The Balaban J connectivity index is 2.20. The fraction of sp³-hybridized carbons (Fsp3) is 0.333. The first-order valence-corrected chi connectivity index (χ1v) is 5.35. The smallest absolute Gasteiger partial charge is 0.245 e. The van der Waals surface area contributed by atoms with E-state index < -0.39 is 0 Å². The van der Waals surface area contributed by atoms with Crippen LogP contribution in [0.1, 0.15) is 12.0 Å². The van der Waals surface area contributed by atoms with Gasteiger partial charge in [-0.3, -0.25) is 14.4 Å². The Hall–Kier alpha value is -1.88. The molecule has 2 amide bonds. The van der Waals surface area contributed by atoms with Crippen LogP contribution in [-0.4, -0.2) is 25.5 Å². The monoisotopic (exact) mass is 236 g/mol. The highest BCUT2D eigenvalue weighted by molar-refractivity contribution is 5.80. The number of hydrogen-bond acceptors (Lipinski definition) is 3. The van der Waals surface area contributed by atoms with E-state index in [0.29, 0.717) is 13.0 Å². The molecule has 0 saturated heterocycles. The van der Waals surface area contributed by atoms with Crippen LogP contribution >= 0.6 is 0 Å². The predicted molar refractivity (Wildman–Crippen MR) is 62.9 cm³/mol. The molecule has 2 N–H and O–H groups in total. The van der Waals surface area contributed by atoms with Crippen molar-refractivity contribution in [2.24, 2.45) is 0 Å². The molecule has 17 heavy (non-hydrogen) atoms. The highest BCUT2D eigenvalue weighted by Gasteiger charge is 2.04. The van der Waals surface area contributed by atoms with Gasteiger partial charge in [0, 0.05) is 13.0 Å². The van der Waals surface area contributed by atoms with Crippen LogP contribution in [0.25, 0.3) is 0 Å². The molecule has 0 atom stereocenters. The molecule has 0 unspecified atom stereocenters. The van der Waals surface area contributed by atoms with Crippen molar-refractivity contribution < 1.29 is 14.4 Å². The van der Waals surface area contributed by atoms with Gasteiger partial charge in [0.25, 0.3) is 0 Å². The molecule has 5 nitrogen and oxygen atoms in total. The minimum Gasteiger partial charge on any atom is -0.355 e. The summed E-state index contributed by atoms with van der Waals surface area (Å²) in [5.41, 5.74) is 3.13. The molecule has 0 heterocycles. The number of nitrogens with one attached hydrogen (secondary N) is 2. The molecule has 0 spiro atoms. The molecule has 92 valence electrons. The second-order valence-corrected chi connectivity index (χ2v) is 3.49. The maximum atomic E-state index is 11.5. The highest BCUT2D eigenvalue weighted by Crippen LogP contribution is 1.98. The molecule has 0 aromatic heterocycles. The van der Waals surface area contributed by atoms with Crippen LogP contribution in [0, 0.1) is 0 Å². The lowest BCUT2D eigenvalue weighted by atomic mass is 10.1. The van der Waals surface area contributed by atoms with E-state index in [1.54, 1.807) is 0 Å². The van der Waals surface area contributed by atoms with Gasteiger partial charge in [-0.05, 0) is 5.56 Å². The van der Waals surface area contributed by atoms with Crippen molar-refractivity contribution in [3.05, 3.63) is 35.9 Å². The van der Waals surface area contributed by atoms with E-state index in [4.69, 9.17) is 0 Å². The second kappa shape index (κ2) is 7.40. The summed E-state index contributed by atoms with van der Waals surface area (Å²) in [5, 5.41) is 2.67. The van der Waals surface area contributed by atoms with E-state index in [-0.39, 0.29) is 18.2 Å². The molecule has 1 aromatic carbocycles. The van der Waals surface area contributed by atoms with Crippen LogP contribution in [0.5, 0.6) is 0 Å². The van der Waals surface area contributed by atoms with Gasteiger partial charge in [0.05, 0.1) is 13.5 Å². The van der Waals surface area contributed by atoms with Crippen molar-refractivity contribution in [3.63, 3.8) is 0 Å². The SMILES string of the molecule is CONC(=O)CCNC(=O)Cc1ccccc1. The molecule has 1 rings (SSSR count). The summed E-state index contributed by atoms with van der Waals surface area (Å²) < 4.78 is 0. The average molecular weight is 236 g/mol. The third kappa shape index (κ3) is 5.67. The standard InChI is InChI=1S/C12H16N2O3/c1-17-14-11(15)7-8-13-12(16)9-10-5-3-2-4-6-10/h2-6H,7-9H2,1H3,(H,13,16)(H,14,15). The number of rotatable bonds is 6. The van der Waals surface area contributed by atoms with Gasteiger partial charge in [0.15, 0.2) is 0 Å². The Morgan fingerprint density at radius 3 is 2.53 bits per heavy atom. The number of carbonyl (C=O) groups excluding carboxylic acids is 2. The number of hydroxylamine groups is 1. The summed E-state index contributed by atoms with van der Waals surface area (Å²) in [5.74, 6) is -0.353. The Bertz CT molecular complexity index is 365. The summed E-state index contributed by atoms with van der Waals surface area (Å²) in [4.78, 5) is 26.9. The summed E-state index contributed by atoms with van der Waals surface area (Å²) in [6.07, 6.45) is 0.529. The summed E-state index contributed by atoms with van der Waals surface area (Å²) in [6.45, 7) is 0.306. The van der Waals surface area contributed by atoms with Gasteiger partial charge in [-0.25, -0.2) is 5.48 Å². The van der Waals surface area contributed by atoms with Crippen molar-refractivity contribution in [3.8, 4) is 0 Å². The third-order valence-electron chi connectivity index (χ3n) is 2.10. The molecule has 0 bridgehead atoms. The molecular formula is C12H16N2O3. The highest BCUT2D eigenvalue weighted by atomic mass is 16.6. The maximum Gasteiger partial charge on any atom is 0.245 e. The first-order valence-electron chi connectivity index (χ1n) is 5.35. The van der Waals surface area contributed by atoms with E-state index in [2.05, 4.69) is 15.6 Å². The molecule has 0 saturated carbocycles. The largest absolute Gasteiger partial charge is 0.355 e. The first kappa shape index (κ1) is 13.2. The second-order valence-electron chi connectivity index (χ2n) is 3.49. The van der Waals surface area contributed by atoms with Crippen molar-refractivity contribution in [2.75, 3.05) is 13.7 Å². The molecule has 1 aromatic rings. The van der Waals surface area contributed by atoms with Crippen LogP contribution in [0.2, 0.25) is 0 Å². The van der Waals surface area contributed by atoms with Gasteiger partial charge < -0.3 is 5.32 Å². The van der Waals surface area contributed by atoms with Gasteiger partial charge in [-0.15, -0.1) is 0 Å². The summed E-state index contributed by atoms with van der Waals surface area (Å²) in [7, 11) is 1.37. The molecule has 0 radical (unpaired) electrons. The van der Waals surface area contributed by atoms with E-state index in [0.717, 1.165) is 5.56 Å². The Kier molecular flexibility index (Phi) is 5.74. The summed E-state index contributed by atoms with van der Waals surface area (Å²) in [6, 6.07) is 9.44. The number of amides is 2. The van der Waals surface area contributed by atoms with Gasteiger partial charge in [0.2, 0.25) is 11.8 Å². The zero-order valence-electron chi connectivity index (χ0n) is 9.73. The van der Waals surface area contributed by atoms with Crippen molar-refractivity contribution in [1.29, 1.82) is 0 Å². The number of hydrogen-bond donors (Lipinski definition) is 2. The van der Waals surface area contributed by atoms with E-state index in [1.165, 1.54) is 7.11 Å². The third-order valence-corrected chi connectivity index (χ3v) is 2.10. The Morgan fingerprint density at radius 2 is 1.88 bits per heavy atom. The summed E-state index contributed by atoms with van der Waals surface area (Å²) >= 11 is 0. The van der Waals surface area contributed by atoms with Crippen molar-refractivity contribution in [1.82, 2.24) is 10.8 Å². The average Bonchev–Trinajstić information content (AvgIpc) is 2.30. The topological polar surface area (TPSA) is 67.4 Å². The lowest BCUT2D eigenvalue weighted by molar-refractivity contribution is -0.131. The van der Waals surface area contributed by atoms with Crippen LogP contribution in [0.4, 0.5) is 0 Å². The fourth-order valence-electron chi connectivity index (χ4n) is 1.32. The van der Waals surface area contributed by atoms with Crippen LogP contribution in [0.3, 0.4) is 0 Å². The van der Waals surface area contributed by atoms with E-state index in [9.17, 15) is 9.59 Å². The molecule has 5 heteroatoms. The van der Waals surface area contributed by atoms with Crippen LogP contribution in [0.15, 0.2) is 30.3 Å². The lowest BCUT2D eigenvalue weighted by Gasteiger charge is -2.05. The van der Waals surface area contributed by atoms with Crippen molar-refractivity contribution in [2.45, 2.75) is 12.8 Å². The van der Waals surface area contributed by atoms with E-state index in [1.807, 2.05) is 30.3 Å². The van der Waals surface area contributed by atoms with Gasteiger partial charge in [-0.2, -0.15) is 0 Å². The van der Waals surface area contributed by atoms with Crippen LogP contribution in [-0.2, 0) is 20.8 Å². The molecule has 0 aliphatic heterocycles. The zero-order chi connectivity index (χ0) is 12.5. The molecule has 0 aliphatic rings. The van der Waals surface area contributed by atoms with E-state index >= 15 is 0 Å². The van der Waals surface area contributed by atoms with Crippen LogP contribution < -0.4 is 10.8 Å². The minimum atomic E-state index is -0.257. The molecule has 0 fully saturated rings. The Labute approximate surface area is 100 Å². The fourth-order valence-corrected chi connectivity index (χ4v) is 1.32. The lowest BCUT2D eigenvalue weighted by Crippen LogP contribution is -2.31. The van der Waals surface area contributed by atoms with Gasteiger partial charge in [0.1, 0.15) is 0 Å². The normalized spacial score (nSPS) is 9.71. The van der Waals surface area contributed by atoms with Gasteiger partial charge >= 0.3 is 0 Å². The quantitative estimate of drug-likeness (QED) is 0.703. The predicted octanol–water partition coefficient (Wildman–Crippen LogP) is 0.413. The van der Waals surface area contributed by atoms with Crippen molar-refractivity contribution >= 4 is 11.8 Å². The molecule has 0 aliphatic carbocycles. The Morgan fingerprint density at radius 1 is 1.18 bits per heavy atom. The molecular weight excluding hydrogens is 220 g/mol. The van der Waals surface area contributed by atoms with Gasteiger partial charge in [-0.1, -0.05) is 30.3 Å². The number of benzene rings is 1. The zero-order valence-corrected chi connectivity index (χ0v) is 9.73. The maximum absolute atomic E-state index is 11.5. The first-order chi connectivity index (χ1) is 8.22. The number of carbonyl (C=O) groups is 2.